The van der Waals surface area contributed by atoms with Crippen LogP contribution in [0.1, 0.15) is 18.1 Å². The number of hydrogen-bond acceptors (Lipinski definition) is 2. The molecular weight excluding hydrogens is 353 g/mol. The first kappa shape index (κ1) is 10.7. The molecule has 0 aliphatic heterocycles. The van der Waals surface area contributed by atoms with Crippen molar-refractivity contribution in [2.45, 2.75) is 20.8 Å². The number of rotatable bonds is 2. The Balaban J connectivity index is 2.75. The fourth-order valence-electron chi connectivity index (χ4n) is 1.14. The van der Waals surface area contributed by atoms with Crippen LogP contribution in [0, 0.1) is 13.8 Å². The van der Waals surface area contributed by atoms with Gasteiger partial charge >= 0.3 is 91.6 Å². The summed E-state index contributed by atoms with van der Waals surface area (Å²) in [5.41, 5.74) is 2.50. The first-order valence-electron chi connectivity index (χ1n) is 4.29. The molecule has 0 atom stereocenters. The average molecular weight is 365 g/mol. The molecule has 0 saturated carbocycles. The number of carbonyl (C=O) groups excluding carboxylic acids is 1. The number of hydrogen-bond donors (Lipinski definition) is 0. The monoisotopic (exact) mass is 366 g/mol. The molecule has 13 heavy (non-hydrogen) atoms. The van der Waals surface area contributed by atoms with Crippen molar-refractivity contribution in [1.29, 1.82) is 0 Å². The van der Waals surface area contributed by atoms with E-state index in [-0.39, 0.29) is 5.97 Å². The summed E-state index contributed by atoms with van der Waals surface area (Å²) in [4.78, 5) is 10.6. The first-order chi connectivity index (χ1) is 6.09. The van der Waals surface area contributed by atoms with E-state index < -0.39 is 25.0 Å². The van der Waals surface area contributed by atoms with Gasteiger partial charge in [0.1, 0.15) is 0 Å². The van der Waals surface area contributed by atoms with E-state index in [9.17, 15) is 4.79 Å². The minimum atomic E-state index is -1.60. The van der Waals surface area contributed by atoms with Gasteiger partial charge in [-0.05, 0) is 0 Å². The fraction of sp³-hybridized carbons (Fsp3) is 0.300. The topological polar surface area (TPSA) is 26.3 Å². The van der Waals surface area contributed by atoms with Crippen molar-refractivity contribution in [2.75, 3.05) is 0 Å². The van der Waals surface area contributed by atoms with Crippen LogP contribution in [0.3, 0.4) is 0 Å². The van der Waals surface area contributed by atoms with Crippen molar-refractivity contribution >= 4 is 9.04 Å². The molecule has 0 saturated heterocycles. The zero-order valence-electron chi connectivity index (χ0n) is 8.26. The molecule has 0 radical (unpaired) electrons. The molecule has 1 aromatic carbocycles. The van der Waals surface area contributed by atoms with Gasteiger partial charge in [0.15, 0.2) is 0 Å². The summed E-state index contributed by atoms with van der Waals surface area (Å²) in [5, 5.41) is 0. The van der Waals surface area contributed by atoms with E-state index >= 15 is 0 Å². The third-order valence-corrected chi connectivity index (χ3v) is 8.25. The fourth-order valence-corrected chi connectivity index (χ4v) is 5.45. The van der Waals surface area contributed by atoms with Crippen LogP contribution in [0.5, 0.6) is 0 Å². The van der Waals surface area contributed by atoms with Crippen molar-refractivity contribution in [3.8, 4) is 0 Å². The summed E-state index contributed by atoms with van der Waals surface area (Å²) >= 11 is -1.60. The summed E-state index contributed by atoms with van der Waals surface area (Å²) in [6.45, 7) is 5.61. The third-order valence-electron chi connectivity index (χ3n) is 1.94. The second-order valence-corrected chi connectivity index (χ2v) is 8.42. The number of carbonyl (C=O) groups is 1. The Hall–Kier alpha value is -0.375. The Morgan fingerprint density at radius 1 is 1.38 bits per heavy atom. The third kappa shape index (κ3) is 3.47. The first-order valence-corrected chi connectivity index (χ1v) is 9.28. The summed E-state index contributed by atoms with van der Waals surface area (Å²) in [5.74, 6) is -0.137. The van der Waals surface area contributed by atoms with E-state index in [2.05, 4.69) is 32.0 Å². The number of aryl methyl sites for hydroxylation is 2. The summed E-state index contributed by atoms with van der Waals surface area (Å²) in [7, 11) is 0. The summed E-state index contributed by atoms with van der Waals surface area (Å²) < 4.78 is 6.45. The average Bonchev–Trinajstić information content (AvgIpc) is 2.06. The van der Waals surface area contributed by atoms with Crippen LogP contribution in [-0.4, -0.2) is 5.97 Å². The molecule has 3 heteroatoms. The molecule has 0 unspecified atom stereocenters. The van der Waals surface area contributed by atoms with Gasteiger partial charge in [-0.3, -0.25) is 0 Å². The molecule has 1 aromatic rings. The predicted molar refractivity (Wildman–Crippen MR) is 47.3 cm³/mol. The Bertz CT molecular complexity index is 321. The van der Waals surface area contributed by atoms with E-state index in [1.165, 1.54) is 21.1 Å². The molecule has 0 fully saturated rings. The van der Waals surface area contributed by atoms with Crippen molar-refractivity contribution in [3.05, 3.63) is 29.3 Å². The van der Waals surface area contributed by atoms with Crippen LogP contribution >= 0.6 is 0 Å². The van der Waals surface area contributed by atoms with Gasteiger partial charge in [0.05, 0.1) is 0 Å². The molecule has 1 rings (SSSR count). The van der Waals surface area contributed by atoms with Crippen LogP contribution in [0.15, 0.2) is 18.2 Å². The Morgan fingerprint density at radius 2 is 2.08 bits per heavy atom. The van der Waals surface area contributed by atoms with Gasteiger partial charge in [-0.1, -0.05) is 0 Å². The van der Waals surface area contributed by atoms with E-state index in [4.69, 9.17) is 2.64 Å². The molecular formula is C10H12HgO2. The second-order valence-electron chi connectivity index (χ2n) is 3.21. The van der Waals surface area contributed by atoms with E-state index in [0.29, 0.717) is 0 Å². The zero-order valence-corrected chi connectivity index (χ0v) is 13.8. The van der Waals surface area contributed by atoms with Crippen molar-refractivity contribution in [3.63, 3.8) is 0 Å². The van der Waals surface area contributed by atoms with Gasteiger partial charge in [0, 0.05) is 0 Å². The standard InChI is InChI=1S/C8H9.C2H4O2.Hg/c1-7-3-5-8(2)6-4-7;1-2(3)4;/h3-5H,1-2H3;1H3,(H,3,4);/q;;+1/p-1. The normalized spacial score (nSPS) is 9.15. The number of benzene rings is 1. The molecule has 0 heterocycles. The molecule has 0 aromatic heterocycles. The SMILES string of the molecule is CC(=O)[O][Hg][c]1cc(C)ccc1C. The minimum absolute atomic E-state index is 0.137. The maximum absolute atomic E-state index is 10.6. The summed E-state index contributed by atoms with van der Waals surface area (Å²) in [6.07, 6.45) is 0. The van der Waals surface area contributed by atoms with Gasteiger partial charge in [0.2, 0.25) is 0 Å². The van der Waals surface area contributed by atoms with Gasteiger partial charge in [0.25, 0.3) is 0 Å². The van der Waals surface area contributed by atoms with E-state index in [1.807, 2.05) is 0 Å². The second kappa shape index (κ2) is 4.75. The van der Waals surface area contributed by atoms with Crippen LogP contribution in [-0.2, 0) is 32.5 Å². The van der Waals surface area contributed by atoms with Crippen LogP contribution in [0.2, 0.25) is 0 Å². The van der Waals surface area contributed by atoms with Crippen LogP contribution in [0.4, 0.5) is 0 Å². The quantitative estimate of drug-likeness (QED) is 0.743. The maximum atomic E-state index is 10.6. The van der Waals surface area contributed by atoms with Crippen molar-refractivity contribution < 1.29 is 32.5 Å². The van der Waals surface area contributed by atoms with Crippen LogP contribution < -0.4 is 3.07 Å². The molecule has 0 aliphatic rings. The van der Waals surface area contributed by atoms with Crippen LogP contribution in [0.25, 0.3) is 0 Å². The van der Waals surface area contributed by atoms with E-state index in [1.54, 1.807) is 0 Å². The molecule has 2 nitrogen and oxygen atoms in total. The Kier molecular flexibility index (Phi) is 3.91. The predicted octanol–water partition coefficient (Wildman–Crippen LogP) is 1.49. The van der Waals surface area contributed by atoms with Gasteiger partial charge in [-0.15, -0.1) is 0 Å². The van der Waals surface area contributed by atoms with E-state index in [0.717, 1.165) is 0 Å². The van der Waals surface area contributed by atoms with Gasteiger partial charge in [-0.2, -0.15) is 0 Å². The van der Waals surface area contributed by atoms with Gasteiger partial charge in [-0.25, -0.2) is 0 Å². The van der Waals surface area contributed by atoms with Gasteiger partial charge < -0.3 is 0 Å². The zero-order chi connectivity index (χ0) is 9.84. The molecule has 66 valence electrons. The Labute approximate surface area is 91.4 Å². The molecule has 0 spiro atoms. The van der Waals surface area contributed by atoms with Crippen molar-refractivity contribution in [1.82, 2.24) is 0 Å². The molecule has 0 N–H and O–H groups in total. The molecule has 0 bridgehead atoms. The molecule has 0 aliphatic carbocycles. The summed E-state index contributed by atoms with van der Waals surface area (Å²) in [6, 6.07) is 6.31. The van der Waals surface area contributed by atoms with Crippen molar-refractivity contribution in [2.24, 2.45) is 0 Å². The Morgan fingerprint density at radius 3 is 2.69 bits per heavy atom. The molecule has 0 amide bonds.